The molecule has 1 aromatic carbocycles. The number of aromatic amines is 1. The number of H-pyrrole nitrogens is 1. The van der Waals surface area contributed by atoms with Crippen molar-refractivity contribution < 1.29 is 0 Å². The minimum atomic E-state index is 0.393. The van der Waals surface area contributed by atoms with E-state index in [2.05, 4.69) is 20.4 Å². The monoisotopic (exact) mass is 206 g/mol. The van der Waals surface area contributed by atoms with Gasteiger partial charge in [0.25, 0.3) is 0 Å². The molecule has 1 N–H and O–H groups in total. The molecule has 0 radical (unpaired) electrons. The quantitative estimate of drug-likeness (QED) is 0.752. The van der Waals surface area contributed by atoms with Crippen LogP contribution in [-0.2, 0) is 0 Å². The zero-order chi connectivity index (χ0) is 9.80. The molecule has 0 atom stereocenters. The lowest BCUT2D eigenvalue weighted by Crippen LogP contribution is -1.62. The van der Waals surface area contributed by atoms with Crippen molar-refractivity contribution in [1.29, 1.82) is 0 Å². The minimum Gasteiger partial charge on any atom is -0.265 e. The molecule has 0 aliphatic carbocycles. The van der Waals surface area contributed by atoms with E-state index in [-0.39, 0.29) is 0 Å². The minimum absolute atomic E-state index is 0.393. The van der Waals surface area contributed by atoms with Crippen LogP contribution in [0.15, 0.2) is 46.8 Å². The standard InChI is InChI=1S/C9H7ClN4/c10-9-8(6-11-14-9)13-12-7-4-2-1-3-5-7/h1-6H,(H,11,14). The molecule has 1 aromatic heterocycles. The Balaban J connectivity index is 2.20. The van der Waals surface area contributed by atoms with Crippen LogP contribution in [0.25, 0.3) is 0 Å². The molecule has 2 aromatic rings. The number of nitrogens with one attached hydrogen (secondary N) is 1. The summed E-state index contributed by atoms with van der Waals surface area (Å²) in [5.74, 6) is 0. The van der Waals surface area contributed by atoms with Gasteiger partial charge in [0.15, 0.2) is 5.15 Å². The fraction of sp³-hybridized carbons (Fsp3) is 0. The summed E-state index contributed by atoms with van der Waals surface area (Å²) in [6.07, 6.45) is 1.52. The normalized spacial score (nSPS) is 10.9. The summed E-state index contributed by atoms with van der Waals surface area (Å²) in [4.78, 5) is 0. The largest absolute Gasteiger partial charge is 0.265 e. The van der Waals surface area contributed by atoms with E-state index in [4.69, 9.17) is 11.6 Å². The molecule has 1 heterocycles. The van der Waals surface area contributed by atoms with Crippen molar-refractivity contribution in [2.45, 2.75) is 0 Å². The molecule has 0 spiro atoms. The fourth-order valence-electron chi connectivity index (χ4n) is 0.940. The summed E-state index contributed by atoms with van der Waals surface area (Å²) in [6, 6.07) is 9.43. The van der Waals surface area contributed by atoms with Gasteiger partial charge in [0, 0.05) is 0 Å². The van der Waals surface area contributed by atoms with E-state index >= 15 is 0 Å². The van der Waals surface area contributed by atoms with E-state index in [0.29, 0.717) is 10.8 Å². The molecule has 4 nitrogen and oxygen atoms in total. The highest BCUT2D eigenvalue weighted by Crippen LogP contribution is 2.23. The number of rotatable bonds is 2. The maximum Gasteiger partial charge on any atom is 0.152 e. The molecule has 0 unspecified atom stereocenters. The first-order valence-corrected chi connectivity index (χ1v) is 4.40. The second kappa shape index (κ2) is 4.02. The van der Waals surface area contributed by atoms with Gasteiger partial charge >= 0.3 is 0 Å². The topological polar surface area (TPSA) is 53.4 Å². The average molecular weight is 207 g/mol. The Morgan fingerprint density at radius 2 is 1.93 bits per heavy atom. The van der Waals surface area contributed by atoms with E-state index in [1.807, 2.05) is 30.3 Å². The van der Waals surface area contributed by atoms with Crippen molar-refractivity contribution in [3.05, 3.63) is 41.7 Å². The molecule has 0 saturated carbocycles. The zero-order valence-electron chi connectivity index (χ0n) is 7.18. The van der Waals surface area contributed by atoms with Gasteiger partial charge in [-0.05, 0) is 12.1 Å². The number of hydrogen-bond acceptors (Lipinski definition) is 3. The highest BCUT2D eigenvalue weighted by molar-refractivity contribution is 6.31. The van der Waals surface area contributed by atoms with Crippen molar-refractivity contribution in [1.82, 2.24) is 10.2 Å². The van der Waals surface area contributed by atoms with Gasteiger partial charge in [-0.25, -0.2) is 0 Å². The average Bonchev–Trinajstić information content (AvgIpc) is 2.63. The summed E-state index contributed by atoms with van der Waals surface area (Å²) in [6.45, 7) is 0. The first-order valence-electron chi connectivity index (χ1n) is 4.02. The molecule has 0 fully saturated rings. The molecule has 2 rings (SSSR count). The van der Waals surface area contributed by atoms with Crippen LogP contribution < -0.4 is 0 Å². The SMILES string of the molecule is Clc1[nH]ncc1N=Nc1ccccc1. The number of hydrogen-bond donors (Lipinski definition) is 1. The van der Waals surface area contributed by atoms with Crippen LogP contribution in [0, 0.1) is 0 Å². The molecule has 0 aliphatic rings. The summed E-state index contributed by atoms with van der Waals surface area (Å²) >= 11 is 5.73. The van der Waals surface area contributed by atoms with Gasteiger partial charge in [-0.3, -0.25) is 5.10 Å². The van der Waals surface area contributed by atoms with Gasteiger partial charge in [-0.2, -0.15) is 10.2 Å². The fourth-order valence-corrected chi connectivity index (χ4v) is 1.08. The van der Waals surface area contributed by atoms with Crippen molar-refractivity contribution in [2.75, 3.05) is 0 Å². The van der Waals surface area contributed by atoms with Crippen LogP contribution in [0.2, 0.25) is 5.15 Å². The molecule has 5 heteroatoms. The van der Waals surface area contributed by atoms with Crippen molar-refractivity contribution in [2.24, 2.45) is 10.2 Å². The predicted octanol–water partition coefficient (Wildman–Crippen LogP) is 3.48. The third-order valence-electron chi connectivity index (χ3n) is 1.60. The second-order valence-electron chi connectivity index (χ2n) is 2.60. The Kier molecular flexibility index (Phi) is 2.55. The van der Waals surface area contributed by atoms with Crippen molar-refractivity contribution >= 4 is 23.0 Å². The van der Waals surface area contributed by atoms with E-state index in [0.717, 1.165) is 5.69 Å². The van der Waals surface area contributed by atoms with E-state index in [1.165, 1.54) is 6.20 Å². The van der Waals surface area contributed by atoms with Gasteiger partial charge in [0.2, 0.25) is 0 Å². The molecular weight excluding hydrogens is 200 g/mol. The van der Waals surface area contributed by atoms with Crippen LogP contribution in [-0.4, -0.2) is 10.2 Å². The highest BCUT2D eigenvalue weighted by atomic mass is 35.5. The molecule has 0 saturated heterocycles. The van der Waals surface area contributed by atoms with Gasteiger partial charge < -0.3 is 0 Å². The first-order chi connectivity index (χ1) is 6.86. The van der Waals surface area contributed by atoms with Gasteiger partial charge in [-0.15, -0.1) is 5.11 Å². The number of azo groups is 1. The molecule has 70 valence electrons. The number of benzene rings is 1. The third kappa shape index (κ3) is 1.97. The first kappa shape index (κ1) is 8.90. The smallest absolute Gasteiger partial charge is 0.152 e. The zero-order valence-corrected chi connectivity index (χ0v) is 7.94. The van der Waals surface area contributed by atoms with Crippen LogP contribution in [0.3, 0.4) is 0 Å². The summed E-state index contributed by atoms with van der Waals surface area (Å²) in [5.41, 5.74) is 1.32. The summed E-state index contributed by atoms with van der Waals surface area (Å²) in [5, 5.41) is 14.6. The Hall–Kier alpha value is -1.68. The Morgan fingerprint density at radius 3 is 2.57 bits per heavy atom. The van der Waals surface area contributed by atoms with Gasteiger partial charge in [0.05, 0.1) is 11.9 Å². The Labute approximate surface area is 85.6 Å². The lowest BCUT2D eigenvalue weighted by Gasteiger charge is -1.88. The van der Waals surface area contributed by atoms with Crippen LogP contribution in [0.4, 0.5) is 11.4 Å². The van der Waals surface area contributed by atoms with Crippen molar-refractivity contribution in [3.8, 4) is 0 Å². The Morgan fingerprint density at radius 1 is 1.14 bits per heavy atom. The van der Waals surface area contributed by atoms with Crippen molar-refractivity contribution in [3.63, 3.8) is 0 Å². The summed E-state index contributed by atoms with van der Waals surface area (Å²) in [7, 11) is 0. The van der Waals surface area contributed by atoms with Gasteiger partial charge in [0.1, 0.15) is 5.69 Å². The van der Waals surface area contributed by atoms with Gasteiger partial charge in [-0.1, -0.05) is 29.8 Å². The molecule has 0 amide bonds. The molecule has 0 aliphatic heterocycles. The lowest BCUT2D eigenvalue weighted by atomic mass is 10.3. The maximum atomic E-state index is 5.73. The predicted molar refractivity (Wildman–Crippen MR) is 54.2 cm³/mol. The molecular formula is C9H7ClN4. The molecule has 0 bridgehead atoms. The highest BCUT2D eigenvalue weighted by Gasteiger charge is 1.98. The van der Waals surface area contributed by atoms with E-state index in [1.54, 1.807) is 0 Å². The van der Waals surface area contributed by atoms with E-state index < -0.39 is 0 Å². The second-order valence-corrected chi connectivity index (χ2v) is 2.98. The third-order valence-corrected chi connectivity index (χ3v) is 1.88. The number of halogens is 1. The Bertz CT molecular complexity index is 435. The maximum absolute atomic E-state index is 5.73. The number of nitrogens with zero attached hydrogens (tertiary/aromatic N) is 3. The van der Waals surface area contributed by atoms with E-state index in [9.17, 15) is 0 Å². The number of aromatic nitrogens is 2. The lowest BCUT2D eigenvalue weighted by molar-refractivity contribution is 1.09. The van der Waals surface area contributed by atoms with Crippen LogP contribution in [0.1, 0.15) is 0 Å². The van der Waals surface area contributed by atoms with Crippen LogP contribution in [0.5, 0.6) is 0 Å². The molecule has 14 heavy (non-hydrogen) atoms. The van der Waals surface area contributed by atoms with Crippen LogP contribution >= 0.6 is 11.6 Å². The summed E-state index contributed by atoms with van der Waals surface area (Å²) < 4.78 is 0.